The van der Waals surface area contributed by atoms with Crippen LogP contribution in [0.1, 0.15) is 12.7 Å². The van der Waals surface area contributed by atoms with Gasteiger partial charge < -0.3 is 9.30 Å². The largest absolute Gasteiger partial charge is 0.361 e. The second-order valence-electron chi connectivity index (χ2n) is 2.07. The van der Waals surface area contributed by atoms with Crippen LogP contribution in [0.4, 0.5) is 0 Å². The molecule has 1 rings (SSSR count). The second kappa shape index (κ2) is 3.37. The lowest BCUT2D eigenvalue weighted by molar-refractivity contribution is 0.0864. The summed E-state index contributed by atoms with van der Waals surface area (Å²) in [4.78, 5) is 4.05. The highest BCUT2D eigenvalue weighted by Gasteiger charge is 1.92. The summed E-state index contributed by atoms with van der Waals surface area (Å²) in [6.45, 7) is 5.30. The maximum atomic E-state index is 5.18. The molecule has 1 aromatic heterocycles. The van der Waals surface area contributed by atoms with E-state index in [1.165, 1.54) is 0 Å². The van der Waals surface area contributed by atoms with Gasteiger partial charge in [0.05, 0.1) is 0 Å². The van der Waals surface area contributed by atoms with Gasteiger partial charge in [-0.15, -0.1) is 0 Å². The normalized spacial score (nSPS) is 10.2. The molecule has 0 N–H and O–H groups in total. The van der Waals surface area contributed by atoms with Crippen molar-refractivity contribution in [1.29, 1.82) is 0 Å². The molecule has 0 amide bonds. The summed E-state index contributed by atoms with van der Waals surface area (Å²) >= 11 is 0. The Kier molecular flexibility index (Phi) is 2.45. The quantitative estimate of drug-likeness (QED) is 0.630. The molecule has 0 spiro atoms. The second-order valence-corrected chi connectivity index (χ2v) is 2.07. The first kappa shape index (κ1) is 7.28. The summed E-state index contributed by atoms with van der Waals surface area (Å²) < 4.78 is 7.14. The number of ether oxygens (including phenoxy) is 1. The molecule has 10 heavy (non-hydrogen) atoms. The summed E-state index contributed by atoms with van der Waals surface area (Å²) in [6.07, 6.45) is 3.68. The van der Waals surface area contributed by atoms with Crippen molar-refractivity contribution in [1.82, 2.24) is 9.55 Å². The molecule has 0 aliphatic heterocycles. The van der Waals surface area contributed by atoms with Gasteiger partial charge in [0, 0.05) is 19.0 Å². The Morgan fingerprint density at radius 1 is 1.70 bits per heavy atom. The van der Waals surface area contributed by atoms with Gasteiger partial charge in [-0.25, -0.2) is 4.98 Å². The van der Waals surface area contributed by atoms with E-state index in [1.54, 1.807) is 6.20 Å². The van der Waals surface area contributed by atoms with Gasteiger partial charge in [-0.2, -0.15) is 0 Å². The van der Waals surface area contributed by atoms with E-state index in [-0.39, 0.29) is 0 Å². The zero-order chi connectivity index (χ0) is 7.40. The maximum Gasteiger partial charge on any atom is 0.123 e. The van der Waals surface area contributed by atoms with E-state index in [0.29, 0.717) is 6.73 Å². The Balaban J connectivity index is 2.49. The highest BCUT2D eigenvalue weighted by atomic mass is 16.5. The molecule has 0 bridgehead atoms. The minimum atomic E-state index is 0.613. The van der Waals surface area contributed by atoms with Crippen molar-refractivity contribution >= 4 is 0 Å². The number of rotatable bonds is 3. The molecule has 0 saturated heterocycles. The predicted molar refractivity (Wildman–Crippen MR) is 38.6 cm³/mol. The number of hydrogen-bond donors (Lipinski definition) is 0. The number of hydrogen-bond acceptors (Lipinski definition) is 2. The Hall–Kier alpha value is -0.830. The third-order valence-electron chi connectivity index (χ3n) is 1.36. The first-order valence-electron chi connectivity index (χ1n) is 3.40. The van der Waals surface area contributed by atoms with Crippen LogP contribution in [0.3, 0.4) is 0 Å². The van der Waals surface area contributed by atoms with Crippen molar-refractivity contribution in [3.8, 4) is 0 Å². The summed E-state index contributed by atoms with van der Waals surface area (Å²) in [5.74, 6) is 0.994. The van der Waals surface area contributed by atoms with Crippen LogP contribution in [-0.4, -0.2) is 16.2 Å². The van der Waals surface area contributed by atoms with Gasteiger partial charge in [0.25, 0.3) is 0 Å². The van der Waals surface area contributed by atoms with Gasteiger partial charge in [0.1, 0.15) is 12.6 Å². The summed E-state index contributed by atoms with van der Waals surface area (Å²) in [5, 5.41) is 0. The lowest BCUT2D eigenvalue weighted by Crippen LogP contribution is -2.02. The molecular formula is C7H12N2O. The minimum absolute atomic E-state index is 0.613. The van der Waals surface area contributed by atoms with Gasteiger partial charge in [0.15, 0.2) is 0 Å². The fraction of sp³-hybridized carbons (Fsp3) is 0.571. The molecule has 0 aliphatic rings. The molecule has 0 atom stereocenters. The Morgan fingerprint density at radius 2 is 2.50 bits per heavy atom. The smallest absolute Gasteiger partial charge is 0.123 e. The molecule has 0 radical (unpaired) electrons. The molecule has 0 unspecified atom stereocenters. The molecule has 0 aromatic carbocycles. The van der Waals surface area contributed by atoms with Gasteiger partial charge >= 0.3 is 0 Å². The van der Waals surface area contributed by atoms with Crippen molar-refractivity contribution in [2.45, 2.75) is 20.6 Å². The van der Waals surface area contributed by atoms with Gasteiger partial charge in [-0.1, -0.05) is 0 Å². The predicted octanol–water partition coefficient (Wildman–Crippen LogP) is 1.19. The van der Waals surface area contributed by atoms with Crippen LogP contribution in [0.2, 0.25) is 0 Å². The standard InChI is InChI=1S/C7H12N2O/c1-3-10-6-9-5-4-8-7(9)2/h4-5H,3,6H2,1-2H3. The highest BCUT2D eigenvalue weighted by molar-refractivity contribution is 4.86. The van der Waals surface area contributed by atoms with Crippen LogP contribution >= 0.6 is 0 Å². The zero-order valence-corrected chi connectivity index (χ0v) is 6.37. The van der Waals surface area contributed by atoms with Gasteiger partial charge in [-0.05, 0) is 13.8 Å². The van der Waals surface area contributed by atoms with E-state index in [4.69, 9.17) is 4.74 Å². The fourth-order valence-corrected chi connectivity index (χ4v) is 0.730. The van der Waals surface area contributed by atoms with E-state index >= 15 is 0 Å². The van der Waals surface area contributed by atoms with Crippen molar-refractivity contribution < 1.29 is 4.74 Å². The Bertz CT molecular complexity index is 195. The van der Waals surface area contributed by atoms with E-state index < -0.39 is 0 Å². The zero-order valence-electron chi connectivity index (χ0n) is 6.37. The van der Waals surface area contributed by atoms with E-state index in [0.717, 1.165) is 12.4 Å². The molecule has 0 saturated carbocycles. The fourth-order valence-electron chi connectivity index (χ4n) is 0.730. The van der Waals surface area contributed by atoms with E-state index in [9.17, 15) is 0 Å². The van der Waals surface area contributed by atoms with Crippen LogP contribution < -0.4 is 0 Å². The topological polar surface area (TPSA) is 27.1 Å². The lowest BCUT2D eigenvalue weighted by Gasteiger charge is -2.02. The minimum Gasteiger partial charge on any atom is -0.361 e. The molecule has 56 valence electrons. The number of aromatic nitrogens is 2. The van der Waals surface area contributed by atoms with Gasteiger partial charge in [-0.3, -0.25) is 0 Å². The lowest BCUT2D eigenvalue weighted by atomic mass is 10.7. The molecule has 3 heteroatoms. The molecule has 1 heterocycles. The third kappa shape index (κ3) is 1.57. The summed E-state index contributed by atoms with van der Waals surface area (Å²) in [7, 11) is 0. The van der Waals surface area contributed by atoms with Crippen molar-refractivity contribution in [3.05, 3.63) is 18.2 Å². The molecule has 1 aromatic rings. The van der Waals surface area contributed by atoms with E-state index in [2.05, 4.69) is 4.98 Å². The van der Waals surface area contributed by atoms with Crippen molar-refractivity contribution in [2.75, 3.05) is 6.61 Å². The van der Waals surface area contributed by atoms with Crippen LogP contribution in [0.5, 0.6) is 0 Å². The Morgan fingerprint density at radius 3 is 3.00 bits per heavy atom. The van der Waals surface area contributed by atoms with Crippen molar-refractivity contribution in [2.24, 2.45) is 0 Å². The van der Waals surface area contributed by atoms with Crippen LogP contribution in [0, 0.1) is 6.92 Å². The molecule has 0 aliphatic carbocycles. The average molecular weight is 140 g/mol. The molecule has 3 nitrogen and oxygen atoms in total. The third-order valence-corrected chi connectivity index (χ3v) is 1.36. The van der Waals surface area contributed by atoms with Crippen LogP contribution in [0.15, 0.2) is 12.4 Å². The average Bonchev–Trinajstić information content (AvgIpc) is 2.31. The summed E-state index contributed by atoms with van der Waals surface area (Å²) in [5.41, 5.74) is 0. The van der Waals surface area contributed by atoms with Crippen molar-refractivity contribution in [3.63, 3.8) is 0 Å². The van der Waals surface area contributed by atoms with E-state index in [1.807, 2.05) is 24.6 Å². The van der Waals surface area contributed by atoms with Crippen LogP contribution in [0.25, 0.3) is 0 Å². The first-order chi connectivity index (χ1) is 4.84. The molecule has 0 fully saturated rings. The first-order valence-corrected chi connectivity index (χ1v) is 3.40. The SMILES string of the molecule is CCOCn1ccnc1C. The highest BCUT2D eigenvalue weighted by Crippen LogP contribution is 1.94. The Labute approximate surface area is 60.6 Å². The van der Waals surface area contributed by atoms with Gasteiger partial charge in [0.2, 0.25) is 0 Å². The summed E-state index contributed by atoms with van der Waals surface area (Å²) in [6, 6.07) is 0. The maximum absolute atomic E-state index is 5.18. The van der Waals surface area contributed by atoms with Crippen LogP contribution in [-0.2, 0) is 11.5 Å². The number of aryl methyl sites for hydroxylation is 1. The number of nitrogens with zero attached hydrogens (tertiary/aromatic N) is 2. The monoisotopic (exact) mass is 140 g/mol. The number of imidazole rings is 1. The molecular weight excluding hydrogens is 128 g/mol.